The Morgan fingerprint density at radius 2 is 2.42 bits per heavy atom. The lowest BCUT2D eigenvalue weighted by molar-refractivity contribution is 0.111. The smallest absolute Gasteiger partial charge is 0.213 e. The summed E-state index contributed by atoms with van der Waals surface area (Å²) in [6, 6.07) is 3.23. The van der Waals surface area contributed by atoms with Crippen LogP contribution < -0.4 is 4.74 Å². The van der Waals surface area contributed by atoms with Crippen LogP contribution in [0.1, 0.15) is 16.1 Å². The zero-order valence-electron chi connectivity index (χ0n) is 6.57. The van der Waals surface area contributed by atoms with E-state index in [9.17, 15) is 4.79 Å². The molecule has 1 aromatic heterocycles. The van der Waals surface area contributed by atoms with Crippen LogP contribution in [0.15, 0.2) is 12.1 Å². The van der Waals surface area contributed by atoms with E-state index in [2.05, 4.69) is 10.9 Å². The molecule has 0 aliphatic carbocycles. The van der Waals surface area contributed by atoms with Gasteiger partial charge in [0.15, 0.2) is 6.29 Å². The fourth-order valence-corrected chi connectivity index (χ4v) is 0.782. The molecule has 0 aromatic carbocycles. The first kappa shape index (κ1) is 8.28. The van der Waals surface area contributed by atoms with Crippen LogP contribution in [0.2, 0.25) is 0 Å². The van der Waals surface area contributed by atoms with Crippen molar-refractivity contribution in [1.82, 2.24) is 4.98 Å². The average Bonchev–Trinajstić information content (AvgIpc) is 2.16. The molecule has 1 aromatic rings. The Kier molecular flexibility index (Phi) is 2.44. The van der Waals surface area contributed by atoms with Crippen LogP contribution in [-0.4, -0.2) is 18.4 Å². The van der Waals surface area contributed by atoms with Crippen LogP contribution in [-0.2, 0) is 0 Å². The number of terminal acetylenes is 1. The van der Waals surface area contributed by atoms with Crippen LogP contribution >= 0.6 is 0 Å². The van der Waals surface area contributed by atoms with Crippen molar-refractivity contribution in [3.05, 3.63) is 23.4 Å². The molecule has 0 saturated heterocycles. The van der Waals surface area contributed by atoms with E-state index in [4.69, 9.17) is 11.2 Å². The summed E-state index contributed by atoms with van der Waals surface area (Å²) < 4.78 is 4.82. The molecule has 0 saturated carbocycles. The first-order valence-electron chi connectivity index (χ1n) is 3.28. The van der Waals surface area contributed by atoms with Gasteiger partial charge in [-0.2, -0.15) is 0 Å². The van der Waals surface area contributed by atoms with E-state index >= 15 is 0 Å². The molecular weight excluding hydrogens is 154 g/mol. The number of carbonyl (C=O) groups excluding carboxylic acids is 1. The fourth-order valence-electron chi connectivity index (χ4n) is 0.782. The number of hydrogen-bond acceptors (Lipinski definition) is 3. The van der Waals surface area contributed by atoms with Crippen LogP contribution in [0, 0.1) is 12.3 Å². The Balaban J connectivity index is 3.21. The number of aldehydes is 1. The number of ether oxygens (including phenoxy) is 1. The topological polar surface area (TPSA) is 39.2 Å². The van der Waals surface area contributed by atoms with Crippen molar-refractivity contribution in [3.8, 4) is 18.2 Å². The number of rotatable bonds is 2. The lowest BCUT2D eigenvalue weighted by Crippen LogP contribution is -1.95. The highest BCUT2D eigenvalue weighted by Gasteiger charge is 2.01. The molecule has 0 amide bonds. The third kappa shape index (κ3) is 1.43. The minimum absolute atomic E-state index is 0.233. The lowest BCUT2D eigenvalue weighted by atomic mass is 10.2. The number of hydrogen-bond donors (Lipinski definition) is 0. The van der Waals surface area contributed by atoms with Gasteiger partial charge < -0.3 is 4.74 Å². The Hall–Kier alpha value is -1.82. The van der Waals surface area contributed by atoms with Gasteiger partial charge in [0, 0.05) is 6.07 Å². The second kappa shape index (κ2) is 3.54. The van der Waals surface area contributed by atoms with Crippen molar-refractivity contribution in [3.63, 3.8) is 0 Å². The second-order valence-electron chi connectivity index (χ2n) is 2.05. The molecule has 0 aliphatic rings. The molecule has 0 atom stereocenters. The summed E-state index contributed by atoms with van der Waals surface area (Å²) in [7, 11) is 1.48. The van der Waals surface area contributed by atoms with E-state index in [0.29, 0.717) is 17.7 Å². The SMILES string of the molecule is C#Cc1ccc(OC)nc1C=O. The molecule has 3 nitrogen and oxygen atoms in total. The third-order valence-electron chi connectivity index (χ3n) is 1.38. The van der Waals surface area contributed by atoms with Gasteiger partial charge in [0.1, 0.15) is 5.69 Å². The van der Waals surface area contributed by atoms with Crippen LogP contribution in [0.25, 0.3) is 0 Å². The van der Waals surface area contributed by atoms with Gasteiger partial charge in [-0.3, -0.25) is 4.79 Å². The van der Waals surface area contributed by atoms with E-state index < -0.39 is 0 Å². The molecule has 0 aliphatic heterocycles. The van der Waals surface area contributed by atoms with Gasteiger partial charge >= 0.3 is 0 Å². The second-order valence-corrected chi connectivity index (χ2v) is 2.05. The Morgan fingerprint density at radius 1 is 1.67 bits per heavy atom. The normalized spacial score (nSPS) is 8.67. The Morgan fingerprint density at radius 3 is 2.92 bits per heavy atom. The quantitative estimate of drug-likeness (QED) is 0.477. The summed E-state index contributed by atoms with van der Waals surface area (Å²) in [5.74, 6) is 2.73. The van der Waals surface area contributed by atoms with Crippen molar-refractivity contribution in [1.29, 1.82) is 0 Å². The molecule has 3 heteroatoms. The van der Waals surface area contributed by atoms with Gasteiger partial charge in [-0.05, 0) is 6.07 Å². The summed E-state index contributed by atoms with van der Waals surface area (Å²) in [5.41, 5.74) is 0.711. The van der Waals surface area contributed by atoms with Gasteiger partial charge in [-0.1, -0.05) is 5.92 Å². The molecule has 0 spiro atoms. The number of pyridine rings is 1. The zero-order chi connectivity index (χ0) is 8.97. The summed E-state index contributed by atoms with van der Waals surface area (Å²) in [4.78, 5) is 14.3. The summed E-state index contributed by atoms with van der Waals surface area (Å²) in [6.45, 7) is 0. The predicted octanol–water partition coefficient (Wildman–Crippen LogP) is 0.884. The summed E-state index contributed by atoms with van der Waals surface area (Å²) in [6.07, 6.45) is 5.74. The molecule has 0 bridgehead atoms. The highest BCUT2D eigenvalue weighted by molar-refractivity contribution is 5.76. The van der Waals surface area contributed by atoms with E-state index in [-0.39, 0.29) is 5.69 Å². The maximum absolute atomic E-state index is 10.4. The van der Waals surface area contributed by atoms with E-state index in [1.165, 1.54) is 7.11 Å². The maximum Gasteiger partial charge on any atom is 0.213 e. The van der Waals surface area contributed by atoms with E-state index in [0.717, 1.165) is 0 Å². The zero-order valence-corrected chi connectivity index (χ0v) is 6.57. The van der Waals surface area contributed by atoms with Crippen molar-refractivity contribution in [2.24, 2.45) is 0 Å². The number of carbonyl (C=O) groups is 1. The van der Waals surface area contributed by atoms with Gasteiger partial charge in [-0.15, -0.1) is 6.42 Å². The van der Waals surface area contributed by atoms with Gasteiger partial charge in [-0.25, -0.2) is 4.98 Å². The Bertz CT molecular complexity index is 339. The van der Waals surface area contributed by atoms with Crippen LogP contribution in [0.4, 0.5) is 0 Å². The third-order valence-corrected chi connectivity index (χ3v) is 1.38. The lowest BCUT2D eigenvalue weighted by Gasteiger charge is -1.99. The highest BCUT2D eigenvalue weighted by Crippen LogP contribution is 2.09. The first-order chi connectivity index (χ1) is 5.81. The highest BCUT2D eigenvalue weighted by atomic mass is 16.5. The van der Waals surface area contributed by atoms with Gasteiger partial charge in [0.05, 0.1) is 12.7 Å². The van der Waals surface area contributed by atoms with Crippen LogP contribution in [0.3, 0.4) is 0 Å². The predicted molar refractivity (Wildman–Crippen MR) is 44.1 cm³/mol. The largest absolute Gasteiger partial charge is 0.481 e. The molecule has 60 valence electrons. The van der Waals surface area contributed by atoms with Crippen molar-refractivity contribution < 1.29 is 9.53 Å². The van der Waals surface area contributed by atoms with E-state index in [1.54, 1.807) is 12.1 Å². The average molecular weight is 161 g/mol. The summed E-state index contributed by atoms with van der Waals surface area (Å²) >= 11 is 0. The monoisotopic (exact) mass is 161 g/mol. The molecule has 0 unspecified atom stereocenters. The molecule has 0 fully saturated rings. The minimum atomic E-state index is 0.233. The fraction of sp³-hybridized carbons (Fsp3) is 0.111. The van der Waals surface area contributed by atoms with Crippen molar-refractivity contribution in [2.45, 2.75) is 0 Å². The number of methoxy groups -OCH3 is 1. The van der Waals surface area contributed by atoms with Crippen molar-refractivity contribution in [2.75, 3.05) is 7.11 Å². The molecule has 0 N–H and O–H groups in total. The Labute approximate surface area is 70.4 Å². The van der Waals surface area contributed by atoms with Crippen LogP contribution in [0.5, 0.6) is 5.88 Å². The molecule has 1 heterocycles. The maximum atomic E-state index is 10.4. The molecule has 12 heavy (non-hydrogen) atoms. The van der Waals surface area contributed by atoms with Gasteiger partial charge in [0.25, 0.3) is 0 Å². The first-order valence-corrected chi connectivity index (χ1v) is 3.28. The molecule has 0 radical (unpaired) electrons. The van der Waals surface area contributed by atoms with Gasteiger partial charge in [0.2, 0.25) is 5.88 Å². The standard InChI is InChI=1S/C9H7NO2/c1-3-7-4-5-9(12-2)10-8(7)6-11/h1,4-6H,2H3. The number of aromatic nitrogens is 1. The number of nitrogens with zero attached hydrogens (tertiary/aromatic N) is 1. The molecular formula is C9H7NO2. The molecule has 1 rings (SSSR count). The van der Waals surface area contributed by atoms with E-state index in [1.807, 2.05) is 0 Å². The minimum Gasteiger partial charge on any atom is -0.481 e. The van der Waals surface area contributed by atoms with Crippen molar-refractivity contribution >= 4 is 6.29 Å². The summed E-state index contributed by atoms with van der Waals surface area (Å²) in [5, 5.41) is 0.